The molecule has 1 aliphatic carbocycles. The van der Waals surface area contributed by atoms with Crippen molar-refractivity contribution < 1.29 is 8.42 Å². The van der Waals surface area contributed by atoms with E-state index in [0.29, 0.717) is 23.2 Å². The quantitative estimate of drug-likeness (QED) is 0.798. The summed E-state index contributed by atoms with van der Waals surface area (Å²) in [7, 11) is -3.28. The minimum Gasteiger partial charge on any atom is -0.206 e. The van der Waals surface area contributed by atoms with E-state index in [0.717, 1.165) is 10.2 Å². The zero-order chi connectivity index (χ0) is 12.5. The van der Waals surface area contributed by atoms with Gasteiger partial charge in [-0.1, -0.05) is 6.92 Å². The number of rotatable bonds is 6. The third-order valence-corrected chi connectivity index (χ3v) is 6.73. The summed E-state index contributed by atoms with van der Waals surface area (Å²) in [6.45, 7) is 3.32. The van der Waals surface area contributed by atoms with Crippen LogP contribution in [0.3, 0.4) is 0 Å². The van der Waals surface area contributed by atoms with Crippen LogP contribution in [-0.2, 0) is 10.0 Å². The maximum atomic E-state index is 12.4. The molecular formula is C11H16BrNO2S2. The van der Waals surface area contributed by atoms with Crippen molar-refractivity contribution in [3.63, 3.8) is 0 Å². The van der Waals surface area contributed by atoms with Crippen molar-refractivity contribution in [1.29, 1.82) is 0 Å². The third kappa shape index (κ3) is 3.30. The Kier molecular flexibility index (Phi) is 4.28. The topological polar surface area (TPSA) is 37.4 Å². The molecule has 1 saturated carbocycles. The summed E-state index contributed by atoms with van der Waals surface area (Å²) in [5.74, 6) is 0.583. The fourth-order valence-electron chi connectivity index (χ4n) is 1.71. The Morgan fingerprint density at radius 3 is 2.65 bits per heavy atom. The largest absolute Gasteiger partial charge is 0.252 e. The van der Waals surface area contributed by atoms with Crippen LogP contribution in [0.15, 0.2) is 20.1 Å². The Morgan fingerprint density at radius 2 is 2.18 bits per heavy atom. The Labute approximate surface area is 115 Å². The van der Waals surface area contributed by atoms with Crippen molar-refractivity contribution in [1.82, 2.24) is 4.31 Å². The highest BCUT2D eigenvalue weighted by Crippen LogP contribution is 2.33. The minimum absolute atomic E-state index is 0.443. The Bertz CT molecular complexity index is 479. The molecule has 0 spiro atoms. The van der Waals surface area contributed by atoms with Gasteiger partial charge in [-0.25, -0.2) is 8.42 Å². The van der Waals surface area contributed by atoms with Gasteiger partial charge in [0.15, 0.2) is 0 Å². The summed E-state index contributed by atoms with van der Waals surface area (Å²) in [4.78, 5) is 0. The second kappa shape index (κ2) is 5.38. The van der Waals surface area contributed by atoms with Gasteiger partial charge in [-0.2, -0.15) is 4.31 Å². The molecule has 0 unspecified atom stereocenters. The lowest BCUT2D eigenvalue weighted by molar-refractivity contribution is 0.397. The van der Waals surface area contributed by atoms with Crippen molar-refractivity contribution in [2.45, 2.75) is 30.4 Å². The van der Waals surface area contributed by atoms with Gasteiger partial charge >= 0.3 is 0 Å². The molecule has 6 heteroatoms. The molecule has 0 aromatic carbocycles. The van der Waals surface area contributed by atoms with Gasteiger partial charge in [0.25, 0.3) is 10.0 Å². The number of hydrogen-bond donors (Lipinski definition) is 0. The lowest BCUT2D eigenvalue weighted by Crippen LogP contribution is -2.33. The fourth-order valence-corrected chi connectivity index (χ4v) is 5.48. The minimum atomic E-state index is -3.28. The highest BCUT2D eigenvalue weighted by Gasteiger charge is 2.31. The second-order valence-corrected chi connectivity index (χ2v) is 8.99. The molecular weight excluding hydrogens is 322 g/mol. The molecule has 96 valence electrons. The molecule has 1 aliphatic rings. The number of thiophene rings is 1. The summed E-state index contributed by atoms with van der Waals surface area (Å²) >= 11 is 4.59. The smallest absolute Gasteiger partial charge is 0.206 e. The van der Waals surface area contributed by atoms with Gasteiger partial charge in [-0.15, -0.1) is 11.3 Å². The van der Waals surface area contributed by atoms with Gasteiger partial charge in [-0.3, -0.25) is 0 Å². The predicted octanol–water partition coefficient (Wildman–Crippen LogP) is 3.32. The first-order valence-corrected chi connectivity index (χ1v) is 8.84. The maximum Gasteiger partial charge on any atom is 0.252 e. The van der Waals surface area contributed by atoms with Gasteiger partial charge in [0.05, 0.1) is 3.79 Å². The average molecular weight is 338 g/mol. The van der Waals surface area contributed by atoms with E-state index in [1.165, 1.54) is 24.2 Å². The van der Waals surface area contributed by atoms with Crippen molar-refractivity contribution >= 4 is 37.3 Å². The molecule has 17 heavy (non-hydrogen) atoms. The Morgan fingerprint density at radius 1 is 1.47 bits per heavy atom. The van der Waals surface area contributed by atoms with E-state index in [4.69, 9.17) is 0 Å². The van der Waals surface area contributed by atoms with Crippen LogP contribution in [0.1, 0.15) is 26.2 Å². The van der Waals surface area contributed by atoms with E-state index in [9.17, 15) is 8.42 Å². The Balaban J connectivity index is 2.20. The molecule has 0 bridgehead atoms. The van der Waals surface area contributed by atoms with Gasteiger partial charge in [0.1, 0.15) is 4.21 Å². The van der Waals surface area contributed by atoms with Crippen LogP contribution in [0.4, 0.5) is 0 Å². The summed E-state index contributed by atoms with van der Waals surface area (Å²) in [6, 6.07) is 3.47. The van der Waals surface area contributed by atoms with E-state index >= 15 is 0 Å². The van der Waals surface area contributed by atoms with Crippen LogP contribution in [0.25, 0.3) is 0 Å². The summed E-state index contributed by atoms with van der Waals surface area (Å²) in [5, 5.41) is 0. The van der Waals surface area contributed by atoms with Crippen LogP contribution < -0.4 is 0 Å². The van der Waals surface area contributed by atoms with Crippen LogP contribution >= 0.6 is 27.3 Å². The van der Waals surface area contributed by atoms with E-state index in [2.05, 4.69) is 15.9 Å². The molecule has 0 atom stereocenters. The predicted molar refractivity (Wildman–Crippen MR) is 73.8 cm³/mol. The first kappa shape index (κ1) is 13.5. The van der Waals surface area contributed by atoms with Crippen molar-refractivity contribution in [3.8, 4) is 0 Å². The zero-order valence-corrected chi connectivity index (χ0v) is 12.9. The van der Waals surface area contributed by atoms with Gasteiger partial charge in [-0.05, 0) is 53.2 Å². The SMILES string of the molecule is CCCN(CC1CC1)S(=O)(=O)c1ccc(Br)s1. The van der Waals surface area contributed by atoms with Crippen molar-refractivity contribution in [2.75, 3.05) is 13.1 Å². The molecule has 1 heterocycles. The molecule has 0 N–H and O–H groups in total. The van der Waals surface area contributed by atoms with Crippen LogP contribution in [0.2, 0.25) is 0 Å². The molecule has 1 fully saturated rings. The van der Waals surface area contributed by atoms with E-state index in [1.54, 1.807) is 16.4 Å². The first-order valence-electron chi connectivity index (χ1n) is 5.79. The summed E-state index contributed by atoms with van der Waals surface area (Å²) in [6.07, 6.45) is 3.20. The van der Waals surface area contributed by atoms with Gasteiger partial charge in [0, 0.05) is 13.1 Å². The zero-order valence-electron chi connectivity index (χ0n) is 9.73. The molecule has 0 radical (unpaired) electrons. The highest BCUT2D eigenvalue weighted by atomic mass is 79.9. The fraction of sp³-hybridized carbons (Fsp3) is 0.636. The van der Waals surface area contributed by atoms with Crippen LogP contribution in [0, 0.1) is 5.92 Å². The summed E-state index contributed by atoms with van der Waals surface area (Å²) < 4.78 is 27.8. The molecule has 0 aliphatic heterocycles. The number of hydrogen-bond acceptors (Lipinski definition) is 3. The van der Waals surface area contributed by atoms with Crippen LogP contribution in [-0.4, -0.2) is 25.8 Å². The maximum absolute atomic E-state index is 12.4. The lowest BCUT2D eigenvalue weighted by atomic mass is 10.4. The monoisotopic (exact) mass is 337 g/mol. The standard InChI is InChI=1S/C11H16BrNO2S2/c1-2-7-13(8-9-3-4-9)17(14,15)11-6-5-10(12)16-11/h5-6,9H,2-4,7-8H2,1H3. The molecule has 2 rings (SSSR count). The number of halogens is 1. The lowest BCUT2D eigenvalue weighted by Gasteiger charge is -2.20. The molecule has 0 saturated heterocycles. The highest BCUT2D eigenvalue weighted by molar-refractivity contribution is 9.11. The van der Waals surface area contributed by atoms with Gasteiger partial charge in [0.2, 0.25) is 0 Å². The number of nitrogens with zero attached hydrogens (tertiary/aromatic N) is 1. The first-order chi connectivity index (χ1) is 8.04. The van der Waals surface area contributed by atoms with E-state index in [-0.39, 0.29) is 0 Å². The molecule has 0 amide bonds. The second-order valence-electron chi connectivity index (χ2n) is 4.36. The molecule has 1 aromatic rings. The normalized spacial score (nSPS) is 16.6. The molecule has 3 nitrogen and oxygen atoms in total. The van der Waals surface area contributed by atoms with Crippen molar-refractivity contribution in [3.05, 3.63) is 15.9 Å². The van der Waals surface area contributed by atoms with Crippen molar-refractivity contribution in [2.24, 2.45) is 5.92 Å². The average Bonchev–Trinajstić information content (AvgIpc) is 2.98. The van der Waals surface area contributed by atoms with Crippen LogP contribution in [0.5, 0.6) is 0 Å². The summed E-state index contributed by atoms with van der Waals surface area (Å²) in [5.41, 5.74) is 0. The Hall–Kier alpha value is 0.0900. The van der Waals surface area contributed by atoms with E-state index in [1.807, 2.05) is 6.92 Å². The van der Waals surface area contributed by atoms with Gasteiger partial charge < -0.3 is 0 Å². The third-order valence-electron chi connectivity index (χ3n) is 2.77. The van der Waals surface area contributed by atoms with E-state index < -0.39 is 10.0 Å². The number of sulfonamides is 1. The molecule has 1 aromatic heterocycles.